The van der Waals surface area contributed by atoms with E-state index in [0.29, 0.717) is 17.8 Å². The van der Waals surface area contributed by atoms with Crippen LogP contribution in [-0.4, -0.2) is 54.6 Å². The molecule has 0 radical (unpaired) electrons. The van der Waals surface area contributed by atoms with E-state index in [4.69, 9.17) is 4.74 Å². The Morgan fingerprint density at radius 2 is 1.80 bits per heavy atom. The largest absolute Gasteiger partial charge is 0.465 e. The molecule has 2 aromatic rings. The third-order valence-corrected chi connectivity index (χ3v) is 5.55. The lowest BCUT2D eigenvalue weighted by Gasteiger charge is -2.38. The second-order valence-corrected chi connectivity index (χ2v) is 7.39. The zero-order valence-corrected chi connectivity index (χ0v) is 17.4. The highest BCUT2D eigenvalue weighted by Gasteiger charge is 2.28. The van der Waals surface area contributed by atoms with Gasteiger partial charge in [0.25, 0.3) is 0 Å². The number of ether oxygens (including phenoxy) is 1. The van der Waals surface area contributed by atoms with Crippen molar-refractivity contribution in [2.45, 2.75) is 32.4 Å². The molecule has 1 fully saturated rings. The van der Waals surface area contributed by atoms with E-state index in [1.165, 1.54) is 19.2 Å². The van der Waals surface area contributed by atoms with Crippen molar-refractivity contribution < 1.29 is 18.7 Å². The van der Waals surface area contributed by atoms with Crippen LogP contribution in [-0.2, 0) is 11.3 Å². The Bertz CT molecular complexity index is 864. The topological polar surface area (TPSA) is 61.9 Å². The molecular weight excluding hydrogens is 385 g/mol. The van der Waals surface area contributed by atoms with Crippen LogP contribution >= 0.6 is 0 Å². The van der Waals surface area contributed by atoms with Crippen LogP contribution in [0.2, 0.25) is 0 Å². The van der Waals surface area contributed by atoms with Gasteiger partial charge in [-0.25, -0.2) is 14.0 Å². The molecule has 0 spiro atoms. The predicted molar refractivity (Wildman–Crippen MR) is 114 cm³/mol. The van der Waals surface area contributed by atoms with Crippen LogP contribution in [0.3, 0.4) is 0 Å². The van der Waals surface area contributed by atoms with Gasteiger partial charge in [0.2, 0.25) is 0 Å². The lowest BCUT2D eigenvalue weighted by molar-refractivity contribution is 0.0602. The lowest BCUT2D eigenvalue weighted by atomic mass is 10.0. The summed E-state index contributed by atoms with van der Waals surface area (Å²) in [4.78, 5) is 29.5. The highest BCUT2D eigenvalue weighted by molar-refractivity contribution is 6.00. The number of carbonyl (C=O) groups excluding carboxylic acids is 2. The summed E-state index contributed by atoms with van der Waals surface area (Å²) >= 11 is 0. The third-order valence-electron chi connectivity index (χ3n) is 5.55. The fourth-order valence-corrected chi connectivity index (χ4v) is 3.77. The minimum absolute atomic E-state index is 0.0585. The first-order chi connectivity index (χ1) is 14.5. The van der Waals surface area contributed by atoms with Crippen LogP contribution in [0.15, 0.2) is 48.5 Å². The van der Waals surface area contributed by atoms with E-state index in [2.05, 4.69) is 17.1 Å². The summed E-state index contributed by atoms with van der Waals surface area (Å²) in [6.07, 6.45) is 1.72. The molecule has 2 amide bonds. The number of benzene rings is 2. The first-order valence-corrected chi connectivity index (χ1v) is 10.2. The average Bonchev–Trinajstić information content (AvgIpc) is 2.78. The number of nitrogens with zero attached hydrogens (tertiary/aromatic N) is 2. The number of halogens is 1. The van der Waals surface area contributed by atoms with Gasteiger partial charge >= 0.3 is 12.0 Å². The van der Waals surface area contributed by atoms with Gasteiger partial charge in [-0.15, -0.1) is 0 Å². The number of hydrogen-bond acceptors (Lipinski definition) is 4. The van der Waals surface area contributed by atoms with Gasteiger partial charge in [-0.05, 0) is 49.2 Å². The standard InChI is InChI=1S/C23H28FN3O3/c1-3-26-14-12-19(13-15-26)27(16-17-8-10-18(24)11-9-17)23(29)25-21-7-5-4-6-20(21)22(28)30-2/h4-11,19H,3,12-16H2,1-2H3,(H,25,29). The molecule has 0 unspecified atom stereocenters. The number of likely N-dealkylation sites (tertiary alicyclic amines) is 1. The minimum Gasteiger partial charge on any atom is -0.465 e. The molecule has 2 aromatic carbocycles. The molecular formula is C23H28FN3O3. The number of amides is 2. The van der Waals surface area contributed by atoms with Crippen LogP contribution in [0.25, 0.3) is 0 Å². The Labute approximate surface area is 176 Å². The van der Waals surface area contributed by atoms with E-state index < -0.39 is 5.97 Å². The van der Waals surface area contributed by atoms with E-state index in [1.807, 2.05) is 0 Å². The number of carbonyl (C=O) groups is 2. The molecule has 1 aliphatic heterocycles. The normalized spacial score (nSPS) is 14.9. The molecule has 6 nitrogen and oxygen atoms in total. The quantitative estimate of drug-likeness (QED) is 0.724. The Kier molecular flexibility index (Phi) is 7.41. The highest BCUT2D eigenvalue weighted by Crippen LogP contribution is 2.22. The van der Waals surface area contributed by atoms with Crippen molar-refractivity contribution in [2.75, 3.05) is 32.1 Å². The fraction of sp³-hybridized carbons (Fsp3) is 0.391. The summed E-state index contributed by atoms with van der Waals surface area (Å²) in [5.41, 5.74) is 1.56. The van der Waals surface area contributed by atoms with E-state index in [1.54, 1.807) is 41.3 Å². The minimum atomic E-state index is -0.507. The number of rotatable bonds is 6. The molecule has 0 atom stereocenters. The molecule has 0 aliphatic carbocycles. The molecule has 3 rings (SSSR count). The van der Waals surface area contributed by atoms with Crippen molar-refractivity contribution in [2.24, 2.45) is 0 Å². The van der Waals surface area contributed by atoms with Gasteiger partial charge < -0.3 is 19.9 Å². The van der Waals surface area contributed by atoms with Crippen molar-refractivity contribution in [1.29, 1.82) is 0 Å². The van der Waals surface area contributed by atoms with Gasteiger partial charge in [0.05, 0.1) is 18.4 Å². The van der Waals surface area contributed by atoms with Gasteiger partial charge in [0.15, 0.2) is 0 Å². The maximum Gasteiger partial charge on any atom is 0.339 e. The van der Waals surface area contributed by atoms with E-state index in [9.17, 15) is 14.0 Å². The predicted octanol–water partition coefficient (Wildman–Crippen LogP) is 4.13. The number of piperidine rings is 1. The molecule has 1 aliphatic rings. The first-order valence-electron chi connectivity index (χ1n) is 10.2. The Hall–Kier alpha value is -2.93. The van der Waals surface area contributed by atoms with Crippen molar-refractivity contribution in [3.63, 3.8) is 0 Å². The highest BCUT2D eigenvalue weighted by atomic mass is 19.1. The van der Waals surface area contributed by atoms with Crippen LogP contribution < -0.4 is 5.32 Å². The van der Waals surface area contributed by atoms with Crippen LogP contribution in [0, 0.1) is 5.82 Å². The summed E-state index contributed by atoms with van der Waals surface area (Å²) in [5, 5.41) is 2.88. The van der Waals surface area contributed by atoms with Crippen LogP contribution in [0.1, 0.15) is 35.7 Å². The zero-order chi connectivity index (χ0) is 21.5. The molecule has 1 N–H and O–H groups in total. The molecule has 30 heavy (non-hydrogen) atoms. The van der Waals surface area contributed by atoms with E-state index >= 15 is 0 Å². The summed E-state index contributed by atoms with van der Waals surface area (Å²) in [6, 6.07) is 12.7. The maximum absolute atomic E-state index is 13.3. The summed E-state index contributed by atoms with van der Waals surface area (Å²) < 4.78 is 18.1. The van der Waals surface area contributed by atoms with Crippen molar-refractivity contribution in [3.05, 3.63) is 65.5 Å². The van der Waals surface area contributed by atoms with Crippen LogP contribution in [0.5, 0.6) is 0 Å². The first kappa shape index (κ1) is 21.8. The monoisotopic (exact) mass is 413 g/mol. The average molecular weight is 413 g/mol. The number of hydrogen-bond donors (Lipinski definition) is 1. The van der Waals surface area contributed by atoms with Crippen molar-refractivity contribution >= 4 is 17.7 Å². The zero-order valence-electron chi connectivity index (χ0n) is 17.4. The number of anilines is 1. The van der Waals surface area contributed by atoms with Gasteiger partial charge in [0.1, 0.15) is 5.82 Å². The van der Waals surface area contributed by atoms with E-state index in [-0.39, 0.29) is 17.9 Å². The number of methoxy groups -OCH3 is 1. The molecule has 7 heteroatoms. The molecule has 160 valence electrons. The fourth-order valence-electron chi connectivity index (χ4n) is 3.77. The van der Waals surface area contributed by atoms with Gasteiger partial charge in [-0.3, -0.25) is 0 Å². The van der Waals surface area contributed by atoms with E-state index in [0.717, 1.165) is 38.0 Å². The number of para-hydroxylation sites is 1. The Balaban J connectivity index is 1.81. The number of urea groups is 1. The van der Waals surface area contributed by atoms with Gasteiger partial charge in [0, 0.05) is 25.7 Å². The summed E-state index contributed by atoms with van der Waals surface area (Å²) in [6.45, 7) is 5.33. The third kappa shape index (κ3) is 5.36. The molecule has 0 saturated carbocycles. The van der Waals surface area contributed by atoms with Gasteiger partial charge in [-0.2, -0.15) is 0 Å². The smallest absolute Gasteiger partial charge is 0.339 e. The SMILES string of the molecule is CCN1CCC(N(Cc2ccc(F)cc2)C(=O)Nc2ccccc2C(=O)OC)CC1. The molecule has 0 bridgehead atoms. The number of nitrogens with one attached hydrogen (secondary N) is 1. The summed E-state index contributed by atoms with van der Waals surface area (Å²) in [7, 11) is 1.31. The number of esters is 1. The van der Waals surface area contributed by atoms with Crippen LogP contribution in [0.4, 0.5) is 14.9 Å². The molecule has 1 heterocycles. The molecule has 1 saturated heterocycles. The molecule has 0 aromatic heterocycles. The Morgan fingerprint density at radius 1 is 1.13 bits per heavy atom. The maximum atomic E-state index is 13.3. The van der Waals surface area contributed by atoms with Crippen molar-refractivity contribution in [1.82, 2.24) is 9.80 Å². The second kappa shape index (κ2) is 10.2. The van der Waals surface area contributed by atoms with Crippen molar-refractivity contribution in [3.8, 4) is 0 Å². The lowest BCUT2D eigenvalue weighted by Crippen LogP contribution is -2.48. The van der Waals surface area contributed by atoms with Gasteiger partial charge in [-0.1, -0.05) is 31.2 Å². The summed E-state index contributed by atoms with van der Waals surface area (Å²) in [5.74, 6) is -0.815. The second-order valence-electron chi connectivity index (χ2n) is 7.39. The Morgan fingerprint density at radius 3 is 2.43 bits per heavy atom.